The number of likely N-dealkylation sites (N-methyl/N-ethyl adjacent to an activating group) is 1. The zero-order valence-electron chi connectivity index (χ0n) is 12.1. The molecule has 0 saturated heterocycles. The number of hydrogen-bond acceptors (Lipinski definition) is 4. The lowest BCUT2D eigenvalue weighted by molar-refractivity contribution is 0.0627. The molecule has 1 rings (SSSR count). The zero-order valence-corrected chi connectivity index (χ0v) is 13.7. The lowest BCUT2D eigenvalue weighted by Crippen LogP contribution is -2.30. The molecule has 0 saturated carbocycles. The van der Waals surface area contributed by atoms with Gasteiger partial charge in [0.05, 0.1) is 12.7 Å². The van der Waals surface area contributed by atoms with Crippen LogP contribution in [0.25, 0.3) is 0 Å². The number of nitrogens with one attached hydrogen (secondary N) is 1. The second kappa shape index (κ2) is 8.36. The second-order valence-corrected chi connectivity index (χ2v) is 5.79. The van der Waals surface area contributed by atoms with Gasteiger partial charge in [-0.3, -0.25) is 15.1 Å². The van der Waals surface area contributed by atoms with E-state index in [4.69, 9.17) is 10.6 Å². The fourth-order valence-electron chi connectivity index (χ4n) is 1.71. The molecule has 0 spiro atoms. The van der Waals surface area contributed by atoms with Crippen molar-refractivity contribution >= 4 is 21.8 Å². The molecule has 0 atom stereocenters. The fourth-order valence-corrected chi connectivity index (χ4v) is 2.22. The Kier molecular flexibility index (Phi) is 7.15. The van der Waals surface area contributed by atoms with E-state index < -0.39 is 0 Å². The predicted octanol–water partition coefficient (Wildman–Crippen LogP) is 1.91. The molecule has 112 valence electrons. The van der Waals surface area contributed by atoms with E-state index in [-0.39, 0.29) is 12.0 Å². The molecule has 0 aliphatic rings. The molecule has 0 bridgehead atoms. The number of amides is 1. The number of carbonyl (C=O) groups is 1. The summed E-state index contributed by atoms with van der Waals surface area (Å²) >= 11 is 3.49. The highest BCUT2D eigenvalue weighted by Crippen LogP contribution is 2.20. The summed E-state index contributed by atoms with van der Waals surface area (Å²) in [7, 11) is 2.04. The van der Waals surface area contributed by atoms with Gasteiger partial charge < -0.3 is 4.74 Å². The number of hydrogen-bond donors (Lipinski definition) is 2. The predicted molar refractivity (Wildman–Crippen MR) is 83.2 cm³/mol. The maximum Gasteiger partial charge on any atom is 0.265 e. The van der Waals surface area contributed by atoms with Gasteiger partial charge in [0.25, 0.3) is 5.91 Å². The summed E-state index contributed by atoms with van der Waals surface area (Å²) in [6.07, 6.45) is 0.254. The number of rotatable bonds is 7. The van der Waals surface area contributed by atoms with Gasteiger partial charge in [0.2, 0.25) is 0 Å². The van der Waals surface area contributed by atoms with Gasteiger partial charge in [0, 0.05) is 23.1 Å². The van der Waals surface area contributed by atoms with Crippen molar-refractivity contribution in [2.24, 2.45) is 5.84 Å². The van der Waals surface area contributed by atoms with E-state index in [1.807, 2.05) is 27.0 Å². The second-order valence-electron chi connectivity index (χ2n) is 4.94. The first-order valence-corrected chi connectivity index (χ1v) is 7.33. The first-order chi connectivity index (χ1) is 9.43. The number of halogens is 1. The minimum atomic E-state index is -0.295. The standard InChI is InChI=1S/C14H22BrN3O2/c1-10(2)20-7-6-18(3)9-12-5-4-11(8-13(12)15)14(19)17-16/h4-5,8,10H,6-7,9,16H2,1-3H3,(H,17,19). The molecule has 3 N–H and O–H groups in total. The molecule has 6 heteroatoms. The summed E-state index contributed by atoms with van der Waals surface area (Å²) in [5.41, 5.74) is 3.77. The van der Waals surface area contributed by atoms with Gasteiger partial charge in [-0.25, -0.2) is 5.84 Å². The highest BCUT2D eigenvalue weighted by molar-refractivity contribution is 9.10. The van der Waals surface area contributed by atoms with E-state index in [2.05, 4.69) is 26.3 Å². The van der Waals surface area contributed by atoms with Crippen LogP contribution >= 0.6 is 15.9 Å². The third-order valence-corrected chi connectivity index (χ3v) is 3.55. The molecule has 0 unspecified atom stereocenters. The molecule has 20 heavy (non-hydrogen) atoms. The minimum Gasteiger partial charge on any atom is -0.377 e. The summed E-state index contributed by atoms with van der Waals surface area (Å²) in [5.74, 6) is 4.82. The van der Waals surface area contributed by atoms with E-state index in [1.54, 1.807) is 12.1 Å². The number of ether oxygens (including phenoxy) is 1. The number of carbonyl (C=O) groups excluding carboxylic acids is 1. The van der Waals surface area contributed by atoms with Crippen LogP contribution in [0, 0.1) is 0 Å². The summed E-state index contributed by atoms with van der Waals surface area (Å²) in [6.45, 7) is 6.40. The van der Waals surface area contributed by atoms with Crippen molar-refractivity contribution in [3.8, 4) is 0 Å². The lowest BCUT2D eigenvalue weighted by Gasteiger charge is -2.18. The molecule has 0 radical (unpaired) electrons. The third-order valence-electron chi connectivity index (χ3n) is 2.81. The normalized spacial score (nSPS) is 11.2. The van der Waals surface area contributed by atoms with E-state index in [0.29, 0.717) is 12.2 Å². The van der Waals surface area contributed by atoms with Crippen LogP contribution in [0.4, 0.5) is 0 Å². The van der Waals surface area contributed by atoms with E-state index in [9.17, 15) is 4.79 Å². The summed E-state index contributed by atoms with van der Waals surface area (Å²) < 4.78 is 6.42. The van der Waals surface area contributed by atoms with Crippen LogP contribution in [0.3, 0.4) is 0 Å². The van der Waals surface area contributed by atoms with Crippen LogP contribution in [0.2, 0.25) is 0 Å². The molecule has 5 nitrogen and oxygen atoms in total. The summed E-state index contributed by atoms with van der Waals surface area (Å²) in [5, 5.41) is 0. The van der Waals surface area contributed by atoms with Crippen LogP contribution in [0.1, 0.15) is 29.8 Å². The number of nitrogen functional groups attached to an aromatic ring is 1. The molecule has 0 aliphatic carbocycles. The molecule has 0 fully saturated rings. The molecule has 0 heterocycles. The van der Waals surface area contributed by atoms with Gasteiger partial charge in [-0.1, -0.05) is 22.0 Å². The van der Waals surface area contributed by atoms with Crippen molar-refractivity contribution in [3.05, 3.63) is 33.8 Å². The van der Waals surface area contributed by atoms with E-state index >= 15 is 0 Å². The van der Waals surface area contributed by atoms with Crippen LogP contribution < -0.4 is 11.3 Å². The number of benzene rings is 1. The number of nitrogens with zero attached hydrogens (tertiary/aromatic N) is 1. The van der Waals surface area contributed by atoms with Gasteiger partial charge >= 0.3 is 0 Å². The average Bonchev–Trinajstić information content (AvgIpc) is 2.39. The van der Waals surface area contributed by atoms with Gasteiger partial charge in [-0.15, -0.1) is 0 Å². The maximum atomic E-state index is 11.4. The van der Waals surface area contributed by atoms with Crippen molar-refractivity contribution < 1.29 is 9.53 Å². The van der Waals surface area contributed by atoms with Crippen LogP contribution in [0.15, 0.2) is 22.7 Å². The quantitative estimate of drug-likeness (QED) is 0.450. The minimum absolute atomic E-state index is 0.254. The van der Waals surface area contributed by atoms with Gasteiger partial charge in [-0.2, -0.15) is 0 Å². The number of hydrazine groups is 1. The number of nitrogens with two attached hydrogens (primary N) is 1. The monoisotopic (exact) mass is 343 g/mol. The SMILES string of the molecule is CC(C)OCCN(C)Cc1ccc(C(=O)NN)cc1Br. The van der Waals surface area contributed by atoms with Crippen LogP contribution in [-0.4, -0.2) is 37.1 Å². The highest BCUT2D eigenvalue weighted by Gasteiger charge is 2.09. The van der Waals surface area contributed by atoms with Crippen molar-refractivity contribution in [3.63, 3.8) is 0 Å². The van der Waals surface area contributed by atoms with Gasteiger partial charge in [0.15, 0.2) is 0 Å². The molecule has 0 aromatic heterocycles. The van der Waals surface area contributed by atoms with E-state index in [1.165, 1.54) is 0 Å². The van der Waals surface area contributed by atoms with Crippen LogP contribution in [-0.2, 0) is 11.3 Å². The Morgan fingerprint density at radius 3 is 2.75 bits per heavy atom. The summed E-state index contributed by atoms with van der Waals surface area (Å²) in [6, 6.07) is 5.46. The Hall–Kier alpha value is -0.950. The highest BCUT2D eigenvalue weighted by atomic mass is 79.9. The van der Waals surface area contributed by atoms with Gasteiger partial charge in [0.1, 0.15) is 0 Å². The van der Waals surface area contributed by atoms with Crippen molar-refractivity contribution in [2.45, 2.75) is 26.5 Å². The Morgan fingerprint density at radius 1 is 1.50 bits per heavy atom. The van der Waals surface area contributed by atoms with Crippen LogP contribution in [0.5, 0.6) is 0 Å². The molecule has 1 aromatic rings. The van der Waals surface area contributed by atoms with Crippen molar-refractivity contribution in [1.29, 1.82) is 0 Å². The molecule has 1 aromatic carbocycles. The van der Waals surface area contributed by atoms with Gasteiger partial charge in [-0.05, 0) is 38.6 Å². The molecule has 1 amide bonds. The maximum absolute atomic E-state index is 11.4. The zero-order chi connectivity index (χ0) is 15.1. The molecule has 0 aliphatic heterocycles. The lowest BCUT2D eigenvalue weighted by atomic mass is 10.1. The largest absolute Gasteiger partial charge is 0.377 e. The van der Waals surface area contributed by atoms with Crippen molar-refractivity contribution in [1.82, 2.24) is 10.3 Å². The first-order valence-electron chi connectivity index (χ1n) is 6.53. The Bertz CT molecular complexity index is 452. The molecular formula is C14H22BrN3O2. The summed E-state index contributed by atoms with van der Waals surface area (Å²) in [4.78, 5) is 13.6. The Labute approximate surface area is 128 Å². The fraction of sp³-hybridized carbons (Fsp3) is 0.500. The molecular weight excluding hydrogens is 322 g/mol. The van der Waals surface area contributed by atoms with Crippen molar-refractivity contribution in [2.75, 3.05) is 20.2 Å². The Morgan fingerprint density at radius 2 is 2.20 bits per heavy atom. The average molecular weight is 344 g/mol. The topological polar surface area (TPSA) is 67.6 Å². The first kappa shape index (κ1) is 17.1. The Balaban J connectivity index is 2.57. The van der Waals surface area contributed by atoms with E-state index in [0.717, 1.165) is 23.1 Å². The third kappa shape index (κ3) is 5.58. The smallest absolute Gasteiger partial charge is 0.265 e.